The van der Waals surface area contributed by atoms with Crippen LogP contribution in [-0.4, -0.2) is 30.4 Å². The minimum absolute atomic E-state index is 0.113. The Morgan fingerprint density at radius 1 is 1.21 bits per heavy atom. The van der Waals surface area contributed by atoms with Crippen LogP contribution in [0.15, 0.2) is 0 Å². The first-order chi connectivity index (χ1) is 9.06. The maximum Gasteiger partial charge on any atom is 0.223 e. The maximum absolute atomic E-state index is 12.6. The normalized spacial score (nSPS) is 31.2. The predicted molar refractivity (Wildman–Crippen MR) is 78.7 cm³/mol. The van der Waals surface area contributed by atoms with E-state index < -0.39 is 0 Å². The SMILES string of the molecule is CC1CCN(C(=O)CC2(CN)CCCCC2)CC1C. The number of likely N-dealkylation sites (tertiary alicyclic amines) is 1. The van der Waals surface area contributed by atoms with E-state index >= 15 is 0 Å². The van der Waals surface area contributed by atoms with Crippen LogP contribution in [-0.2, 0) is 4.79 Å². The van der Waals surface area contributed by atoms with Crippen LogP contribution in [0.1, 0.15) is 58.8 Å². The molecule has 0 bridgehead atoms. The Bertz CT molecular complexity index is 310. The number of nitrogens with zero attached hydrogens (tertiary/aromatic N) is 1. The van der Waals surface area contributed by atoms with Gasteiger partial charge in [-0.2, -0.15) is 0 Å². The molecule has 0 spiro atoms. The molecule has 19 heavy (non-hydrogen) atoms. The molecule has 2 unspecified atom stereocenters. The smallest absolute Gasteiger partial charge is 0.223 e. The van der Waals surface area contributed by atoms with Crippen molar-refractivity contribution in [3.8, 4) is 0 Å². The molecule has 0 aromatic rings. The molecular weight excluding hydrogens is 236 g/mol. The van der Waals surface area contributed by atoms with Crippen molar-refractivity contribution in [1.82, 2.24) is 4.90 Å². The molecule has 110 valence electrons. The van der Waals surface area contributed by atoms with Crippen molar-refractivity contribution in [2.24, 2.45) is 23.0 Å². The number of hydrogen-bond acceptors (Lipinski definition) is 2. The lowest BCUT2D eigenvalue weighted by Crippen LogP contribution is -2.45. The Labute approximate surface area is 117 Å². The largest absolute Gasteiger partial charge is 0.342 e. The van der Waals surface area contributed by atoms with E-state index in [1.165, 1.54) is 19.3 Å². The number of amides is 1. The van der Waals surface area contributed by atoms with Crippen LogP contribution >= 0.6 is 0 Å². The number of rotatable bonds is 3. The van der Waals surface area contributed by atoms with Gasteiger partial charge >= 0.3 is 0 Å². The Balaban J connectivity index is 1.92. The molecule has 2 fully saturated rings. The van der Waals surface area contributed by atoms with Crippen molar-refractivity contribution >= 4 is 5.91 Å². The van der Waals surface area contributed by atoms with E-state index in [9.17, 15) is 4.79 Å². The summed E-state index contributed by atoms with van der Waals surface area (Å²) in [6.07, 6.45) is 7.95. The zero-order valence-corrected chi connectivity index (χ0v) is 12.7. The summed E-state index contributed by atoms with van der Waals surface area (Å²) >= 11 is 0. The van der Waals surface area contributed by atoms with Gasteiger partial charge in [0, 0.05) is 19.5 Å². The third-order valence-electron chi connectivity index (χ3n) is 5.56. The fourth-order valence-electron chi connectivity index (χ4n) is 3.68. The van der Waals surface area contributed by atoms with Crippen LogP contribution < -0.4 is 5.73 Å². The topological polar surface area (TPSA) is 46.3 Å². The zero-order valence-electron chi connectivity index (χ0n) is 12.7. The van der Waals surface area contributed by atoms with E-state index in [-0.39, 0.29) is 5.41 Å². The summed E-state index contributed by atoms with van der Waals surface area (Å²) in [7, 11) is 0. The molecule has 3 nitrogen and oxygen atoms in total. The number of carbonyl (C=O) groups is 1. The second-order valence-corrected chi connectivity index (χ2v) is 7.02. The van der Waals surface area contributed by atoms with Crippen molar-refractivity contribution in [3.63, 3.8) is 0 Å². The van der Waals surface area contributed by atoms with Gasteiger partial charge in [0.2, 0.25) is 5.91 Å². The Morgan fingerprint density at radius 3 is 2.47 bits per heavy atom. The summed E-state index contributed by atoms with van der Waals surface area (Å²) in [5.41, 5.74) is 6.11. The number of hydrogen-bond donors (Lipinski definition) is 1. The highest BCUT2D eigenvalue weighted by Crippen LogP contribution is 2.39. The maximum atomic E-state index is 12.6. The molecule has 2 atom stereocenters. The lowest BCUT2D eigenvalue weighted by molar-refractivity contribution is -0.136. The summed E-state index contributed by atoms with van der Waals surface area (Å²) in [6.45, 7) is 7.14. The van der Waals surface area contributed by atoms with Gasteiger partial charge in [-0.1, -0.05) is 33.1 Å². The molecule has 1 saturated heterocycles. The first-order valence-electron chi connectivity index (χ1n) is 8.04. The first-order valence-corrected chi connectivity index (χ1v) is 8.04. The standard InChI is InChI=1S/C16H30N2O/c1-13-6-9-18(11-14(13)2)15(19)10-16(12-17)7-4-3-5-8-16/h13-14H,3-12,17H2,1-2H3. The van der Waals surface area contributed by atoms with E-state index in [0.717, 1.165) is 38.3 Å². The lowest BCUT2D eigenvalue weighted by atomic mass is 9.71. The molecule has 3 heteroatoms. The first kappa shape index (κ1) is 14.8. The molecule has 1 aliphatic heterocycles. The summed E-state index contributed by atoms with van der Waals surface area (Å²) in [4.78, 5) is 14.6. The quantitative estimate of drug-likeness (QED) is 0.854. The van der Waals surface area contributed by atoms with Crippen LogP contribution in [0.5, 0.6) is 0 Å². The van der Waals surface area contributed by atoms with Crippen molar-refractivity contribution in [3.05, 3.63) is 0 Å². The highest BCUT2D eigenvalue weighted by molar-refractivity contribution is 5.77. The van der Waals surface area contributed by atoms with Crippen molar-refractivity contribution in [2.45, 2.75) is 58.8 Å². The van der Waals surface area contributed by atoms with Gasteiger partial charge in [0.25, 0.3) is 0 Å². The van der Waals surface area contributed by atoms with Gasteiger partial charge in [0.15, 0.2) is 0 Å². The second kappa shape index (κ2) is 6.25. The molecule has 1 aliphatic carbocycles. The highest BCUT2D eigenvalue weighted by atomic mass is 16.2. The lowest BCUT2D eigenvalue weighted by Gasteiger charge is -2.40. The van der Waals surface area contributed by atoms with Gasteiger partial charge in [-0.25, -0.2) is 0 Å². The monoisotopic (exact) mass is 266 g/mol. The molecular formula is C16H30N2O. The molecule has 0 radical (unpaired) electrons. The number of piperidine rings is 1. The van der Waals surface area contributed by atoms with Gasteiger partial charge in [-0.3, -0.25) is 4.79 Å². The van der Waals surface area contributed by atoms with Gasteiger partial charge < -0.3 is 10.6 Å². The van der Waals surface area contributed by atoms with Crippen molar-refractivity contribution in [1.29, 1.82) is 0 Å². The summed E-state index contributed by atoms with van der Waals surface area (Å²) in [6, 6.07) is 0. The van der Waals surface area contributed by atoms with Gasteiger partial charge in [0.1, 0.15) is 0 Å². The van der Waals surface area contributed by atoms with Gasteiger partial charge in [-0.05, 0) is 43.1 Å². The molecule has 2 N–H and O–H groups in total. The van der Waals surface area contributed by atoms with E-state index in [1.807, 2.05) is 0 Å². The van der Waals surface area contributed by atoms with E-state index in [4.69, 9.17) is 5.73 Å². The molecule has 1 saturated carbocycles. The Morgan fingerprint density at radius 2 is 1.89 bits per heavy atom. The van der Waals surface area contributed by atoms with Crippen LogP contribution in [0.3, 0.4) is 0 Å². The fraction of sp³-hybridized carbons (Fsp3) is 0.938. The van der Waals surface area contributed by atoms with Gasteiger partial charge in [-0.15, -0.1) is 0 Å². The molecule has 1 amide bonds. The second-order valence-electron chi connectivity index (χ2n) is 7.02. The summed E-state index contributed by atoms with van der Waals surface area (Å²) in [5, 5.41) is 0. The Hall–Kier alpha value is -0.570. The zero-order chi connectivity index (χ0) is 13.9. The average Bonchev–Trinajstić information content (AvgIpc) is 2.43. The predicted octanol–water partition coefficient (Wildman–Crippen LogP) is 2.79. The number of nitrogens with two attached hydrogens (primary N) is 1. The third kappa shape index (κ3) is 3.50. The van der Waals surface area contributed by atoms with Crippen LogP contribution in [0.4, 0.5) is 0 Å². The van der Waals surface area contributed by atoms with Gasteiger partial charge in [0.05, 0.1) is 0 Å². The van der Waals surface area contributed by atoms with Crippen LogP contribution in [0.2, 0.25) is 0 Å². The van der Waals surface area contributed by atoms with E-state index in [0.29, 0.717) is 24.8 Å². The average molecular weight is 266 g/mol. The van der Waals surface area contributed by atoms with Crippen LogP contribution in [0, 0.1) is 17.3 Å². The molecule has 2 rings (SSSR count). The fourth-order valence-corrected chi connectivity index (χ4v) is 3.68. The Kier molecular flexibility index (Phi) is 4.88. The van der Waals surface area contributed by atoms with Crippen LogP contribution in [0.25, 0.3) is 0 Å². The molecule has 0 aromatic heterocycles. The summed E-state index contributed by atoms with van der Waals surface area (Å²) in [5.74, 6) is 1.74. The molecule has 0 aromatic carbocycles. The molecule has 1 heterocycles. The number of carbonyl (C=O) groups excluding carboxylic acids is 1. The third-order valence-corrected chi connectivity index (χ3v) is 5.56. The molecule has 2 aliphatic rings. The summed E-state index contributed by atoms with van der Waals surface area (Å²) < 4.78 is 0. The van der Waals surface area contributed by atoms with E-state index in [1.54, 1.807) is 0 Å². The minimum atomic E-state index is 0.113. The van der Waals surface area contributed by atoms with Crippen molar-refractivity contribution in [2.75, 3.05) is 19.6 Å². The highest BCUT2D eigenvalue weighted by Gasteiger charge is 2.35. The van der Waals surface area contributed by atoms with Crippen molar-refractivity contribution < 1.29 is 4.79 Å². The van der Waals surface area contributed by atoms with E-state index in [2.05, 4.69) is 18.7 Å². The minimum Gasteiger partial charge on any atom is -0.342 e.